The van der Waals surface area contributed by atoms with Gasteiger partial charge < -0.3 is 24.7 Å². The van der Waals surface area contributed by atoms with E-state index in [0.717, 1.165) is 4.57 Å². The van der Waals surface area contributed by atoms with Crippen LogP contribution in [0.15, 0.2) is 42.7 Å². The Morgan fingerprint density at radius 2 is 1.19 bits per heavy atom. The number of nitrogens with zero attached hydrogens (tertiary/aromatic N) is 7. The number of nitrogens with one attached hydrogen (secondary N) is 1. The molecular formula is C32H20Cl6N8O8. The van der Waals surface area contributed by atoms with Crippen molar-refractivity contribution in [2.24, 2.45) is 0 Å². The Kier molecular flexibility index (Phi) is 11.0. The van der Waals surface area contributed by atoms with Crippen LogP contribution in [0.4, 0.5) is 0 Å². The molecule has 0 amide bonds. The minimum Gasteiger partial charge on any atom is -0.507 e. The summed E-state index contributed by atoms with van der Waals surface area (Å²) in [6, 6.07) is 5.87. The summed E-state index contributed by atoms with van der Waals surface area (Å²) in [4.78, 5) is 53.1. The molecule has 0 aliphatic carbocycles. The number of hydrogen-bond donors (Lipinski definition) is 3. The van der Waals surface area contributed by atoms with Crippen LogP contribution in [0.2, 0.25) is 30.4 Å². The minimum atomic E-state index is -0.889. The molecule has 0 spiro atoms. The molecular weight excluding hydrogens is 837 g/mol. The number of ketones is 2. The van der Waals surface area contributed by atoms with Crippen LogP contribution < -0.4 is 0 Å². The predicted molar refractivity (Wildman–Crippen MR) is 195 cm³/mol. The third-order valence-electron chi connectivity index (χ3n) is 7.54. The molecule has 4 aromatic heterocycles. The zero-order chi connectivity index (χ0) is 39.2. The van der Waals surface area contributed by atoms with Crippen LogP contribution in [-0.2, 0) is 32.5 Å². The number of carbonyl (C=O) groups is 4. The number of ether oxygens (including phenoxy) is 2. The second kappa shape index (κ2) is 15.3. The molecule has 4 heterocycles. The van der Waals surface area contributed by atoms with Crippen molar-refractivity contribution in [3.8, 4) is 39.7 Å². The second-order valence-electron chi connectivity index (χ2n) is 11.2. The van der Waals surface area contributed by atoms with Gasteiger partial charge in [0.25, 0.3) is 0 Å². The molecule has 0 saturated carbocycles. The first-order valence-corrected chi connectivity index (χ1v) is 17.2. The summed E-state index contributed by atoms with van der Waals surface area (Å²) in [5.41, 5.74) is -0.722. The van der Waals surface area contributed by atoms with Gasteiger partial charge in [0.2, 0.25) is 11.6 Å². The maximum atomic E-state index is 14.1. The van der Waals surface area contributed by atoms with Crippen molar-refractivity contribution in [2.45, 2.75) is 27.3 Å². The third kappa shape index (κ3) is 7.48. The Labute approximate surface area is 332 Å². The number of aromatic amines is 1. The molecule has 0 atom stereocenters. The normalized spacial score (nSPS) is 11.2. The Morgan fingerprint density at radius 1 is 0.704 bits per heavy atom. The van der Waals surface area contributed by atoms with Gasteiger partial charge in [0, 0.05) is 25.0 Å². The zero-order valence-corrected chi connectivity index (χ0v) is 31.7. The lowest BCUT2D eigenvalue weighted by atomic mass is 10.0. The lowest BCUT2D eigenvalue weighted by Gasteiger charge is -2.14. The van der Waals surface area contributed by atoms with E-state index in [1.807, 2.05) is 0 Å². The van der Waals surface area contributed by atoms with Crippen molar-refractivity contribution in [3.05, 3.63) is 95.6 Å². The van der Waals surface area contributed by atoms with E-state index in [1.165, 1.54) is 65.9 Å². The fraction of sp³-hybridized carbons (Fsp3) is 0.125. The SMILES string of the molecule is CC(=O)OCn1cc(-c2cc(O)c(C(=O)c3[nH]c(Cl)c(Cl)c3-n3c(C(=O)c4cc(Cl)c(-c5cn(COC(C)=O)nn5)cc4O)cc(Cl)c3Cl)cc2Cl)nn1. The van der Waals surface area contributed by atoms with E-state index in [0.29, 0.717) is 0 Å². The van der Waals surface area contributed by atoms with Crippen molar-refractivity contribution >= 4 is 93.1 Å². The number of benzene rings is 2. The van der Waals surface area contributed by atoms with Gasteiger partial charge >= 0.3 is 11.9 Å². The van der Waals surface area contributed by atoms with Crippen molar-refractivity contribution in [3.63, 3.8) is 0 Å². The summed E-state index contributed by atoms with van der Waals surface area (Å²) in [5.74, 6) is -3.90. The Bertz CT molecular complexity index is 2350. The Hall–Kier alpha value is -5.10. The number of carbonyl (C=O) groups excluding carboxylic acids is 4. The van der Waals surface area contributed by atoms with Gasteiger partial charge in [0.15, 0.2) is 13.5 Å². The smallest absolute Gasteiger partial charge is 0.304 e. The summed E-state index contributed by atoms with van der Waals surface area (Å²) < 4.78 is 13.3. The van der Waals surface area contributed by atoms with E-state index in [4.69, 9.17) is 79.1 Å². The molecule has 278 valence electrons. The molecule has 0 bridgehead atoms. The highest BCUT2D eigenvalue weighted by atomic mass is 35.5. The topological polar surface area (TPSA) is 209 Å². The van der Waals surface area contributed by atoms with Gasteiger partial charge in [-0.3, -0.25) is 23.7 Å². The lowest BCUT2D eigenvalue weighted by Crippen LogP contribution is -2.13. The van der Waals surface area contributed by atoms with Crippen LogP contribution in [0.1, 0.15) is 46.0 Å². The zero-order valence-electron chi connectivity index (χ0n) is 27.2. The number of H-pyrrole nitrogens is 1. The van der Waals surface area contributed by atoms with E-state index in [1.54, 1.807) is 0 Å². The average Bonchev–Trinajstić information content (AvgIpc) is 3.91. The van der Waals surface area contributed by atoms with Crippen molar-refractivity contribution in [1.29, 1.82) is 0 Å². The average molecular weight is 857 g/mol. The highest BCUT2D eigenvalue weighted by molar-refractivity contribution is 6.45. The summed E-state index contributed by atoms with van der Waals surface area (Å²) in [7, 11) is 0. The molecule has 3 N–H and O–H groups in total. The highest BCUT2D eigenvalue weighted by Crippen LogP contribution is 2.42. The van der Waals surface area contributed by atoms with E-state index in [9.17, 15) is 29.4 Å². The fourth-order valence-electron chi connectivity index (χ4n) is 5.09. The first-order valence-electron chi connectivity index (χ1n) is 14.9. The molecule has 0 fully saturated rings. The summed E-state index contributed by atoms with van der Waals surface area (Å²) in [5, 5.41) is 36.7. The van der Waals surface area contributed by atoms with Crippen LogP contribution in [0.3, 0.4) is 0 Å². The number of halogens is 6. The number of phenolic OH excluding ortho intramolecular Hbond substituents is 2. The second-order valence-corrected chi connectivity index (χ2v) is 13.5. The number of esters is 2. The van der Waals surface area contributed by atoms with Gasteiger partial charge in [-0.15, -0.1) is 10.2 Å². The van der Waals surface area contributed by atoms with Gasteiger partial charge in [0.05, 0.1) is 50.0 Å². The molecule has 6 rings (SSSR count). The largest absolute Gasteiger partial charge is 0.507 e. The maximum absolute atomic E-state index is 14.1. The van der Waals surface area contributed by atoms with Crippen LogP contribution >= 0.6 is 69.6 Å². The molecule has 0 aliphatic heterocycles. The van der Waals surface area contributed by atoms with E-state index in [-0.39, 0.29) is 94.6 Å². The molecule has 0 unspecified atom stereocenters. The van der Waals surface area contributed by atoms with Crippen LogP contribution in [0.5, 0.6) is 11.5 Å². The molecule has 22 heteroatoms. The summed E-state index contributed by atoms with van der Waals surface area (Å²) in [6.45, 7) is 2.01. The molecule has 16 nitrogen and oxygen atoms in total. The van der Waals surface area contributed by atoms with Gasteiger partial charge in [-0.1, -0.05) is 80.0 Å². The van der Waals surface area contributed by atoms with Gasteiger partial charge in [-0.05, 0) is 30.3 Å². The molecule has 0 radical (unpaired) electrons. The number of rotatable bonds is 11. The number of aromatic hydroxyl groups is 2. The quantitative estimate of drug-likeness (QED) is 0.0876. The van der Waals surface area contributed by atoms with Crippen LogP contribution in [-0.4, -0.2) is 73.3 Å². The van der Waals surface area contributed by atoms with Crippen LogP contribution in [0.25, 0.3) is 28.2 Å². The minimum absolute atomic E-state index is 0.0210. The van der Waals surface area contributed by atoms with E-state index >= 15 is 0 Å². The summed E-state index contributed by atoms with van der Waals surface area (Å²) in [6.07, 6.45) is 2.81. The van der Waals surface area contributed by atoms with Crippen molar-refractivity contribution < 1.29 is 38.9 Å². The number of phenols is 2. The van der Waals surface area contributed by atoms with Crippen LogP contribution in [0, 0.1) is 0 Å². The standard InChI is InChI=1S/C32H20Cl6N8O8/c1-12(47)53-10-44-8-21(40-42-44)14-5-24(49)16(3-18(14)33)29(51)23-7-20(35)32(38)46(23)28-26(36)31(37)39-27(28)30(52)17-4-19(34)15(6-25(17)50)22-9-45(43-41-22)11-54-13(2)48/h3-9,39,49-50H,10-11H2,1-2H3. The predicted octanol–water partition coefficient (Wildman–Crippen LogP) is 7.16. The maximum Gasteiger partial charge on any atom is 0.304 e. The fourth-order valence-corrected chi connectivity index (χ4v) is 6.44. The van der Waals surface area contributed by atoms with Gasteiger partial charge in [-0.2, -0.15) is 0 Å². The van der Waals surface area contributed by atoms with E-state index < -0.39 is 35.0 Å². The Balaban J connectivity index is 1.37. The highest BCUT2D eigenvalue weighted by Gasteiger charge is 2.32. The lowest BCUT2D eigenvalue weighted by molar-refractivity contribution is -0.146. The number of aromatic nitrogens is 8. The third-order valence-corrected chi connectivity index (χ3v) is 9.67. The van der Waals surface area contributed by atoms with Gasteiger partial charge in [0.1, 0.15) is 43.9 Å². The molecule has 0 aliphatic rings. The Morgan fingerprint density at radius 3 is 1.67 bits per heavy atom. The van der Waals surface area contributed by atoms with Crippen molar-refractivity contribution in [2.75, 3.05) is 0 Å². The number of hydrogen-bond acceptors (Lipinski definition) is 12. The molecule has 0 saturated heterocycles. The summed E-state index contributed by atoms with van der Waals surface area (Å²) >= 11 is 39.0. The first-order chi connectivity index (χ1) is 25.5. The first kappa shape index (κ1) is 38.6. The van der Waals surface area contributed by atoms with Crippen molar-refractivity contribution in [1.82, 2.24) is 39.5 Å². The van der Waals surface area contributed by atoms with E-state index in [2.05, 4.69) is 25.6 Å². The molecule has 6 aromatic rings. The molecule has 54 heavy (non-hydrogen) atoms. The molecule has 2 aromatic carbocycles. The monoisotopic (exact) mass is 854 g/mol. The van der Waals surface area contributed by atoms with Gasteiger partial charge in [-0.25, -0.2) is 9.36 Å².